The number of amides is 2. The van der Waals surface area contributed by atoms with Gasteiger partial charge in [-0.2, -0.15) is 5.10 Å². The van der Waals surface area contributed by atoms with Crippen LogP contribution < -0.4 is 0 Å². The maximum absolute atomic E-state index is 13.6. The van der Waals surface area contributed by atoms with E-state index in [1.807, 2.05) is 0 Å². The predicted molar refractivity (Wildman–Crippen MR) is 99.1 cm³/mol. The summed E-state index contributed by atoms with van der Waals surface area (Å²) in [5.41, 5.74) is 3.50. The zero-order chi connectivity index (χ0) is 20.0. The van der Waals surface area contributed by atoms with Crippen LogP contribution in [0.5, 0.6) is 0 Å². The largest absolute Gasteiger partial charge is 0.350 e. The number of rotatable bonds is 3. The third-order valence-electron chi connectivity index (χ3n) is 5.12. The number of H-pyrrole nitrogens is 2. The molecule has 2 aromatic heterocycles. The summed E-state index contributed by atoms with van der Waals surface area (Å²) in [6.45, 7) is 2.55. The maximum atomic E-state index is 13.6. The van der Waals surface area contributed by atoms with Gasteiger partial charge in [-0.05, 0) is 30.7 Å². The summed E-state index contributed by atoms with van der Waals surface area (Å²) in [5, 5.41) is 8.88. The molecule has 2 amide bonds. The lowest BCUT2D eigenvalue weighted by Gasteiger charge is -2.27. The van der Waals surface area contributed by atoms with Gasteiger partial charge >= 0.3 is 0 Å². The molecule has 0 unspecified atom stereocenters. The Balaban J connectivity index is 1.62. The van der Waals surface area contributed by atoms with Crippen molar-refractivity contribution >= 4 is 22.7 Å². The number of hydrogen-bond acceptors (Lipinski definition) is 4. The summed E-state index contributed by atoms with van der Waals surface area (Å²) in [7, 11) is 2.90. The van der Waals surface area contributed by atoms with Crippen molar-refractivity contribution in [3.8, 4) is 0 Å². The lowest BCUT2D eigenvalue weighted by Crippen LogP contribution is -2.37. The van der Waals surface area contributed by atoms with Gasteiger partial charge < -0.3 is 9.88 Å². The Bertz CT molecular complexity index is 1090. The number of aromatic nitrogens is 3. The van der Waals surface area contributed by atoms with E-state index in [-0.39, 0.29) is 29.9 Å². The van der Waals surface area contributed by atoms with Crippen LogP contribution in [0.2, 0.25) is 0 Å². The number of carbonyl (C=O) groups is 2. The Hall–Kier alpha value is -3.20. The van der Waals surface area contributed by atoms with Gasteiger partial charge in [-0.25, -0.2) is 9.45 Å². The van der Waals surface area contributed by atoms with Crippen molar-refractivity contribution in [1.29, 1.82) is 0 Å². The lowest BCUT2D eigenvalue weighted by atomic mass is 10.0. The molecule has 2 N–H and O–H groups in total. The third kappa shape index (κ3) is 2.93. The number of benzene rings is 1. The summed E-state index contributed by atoms with van der Waals surface area (Å²) >= 11 is 0. The lowest BCUT2D eigenvalue weighted by molar-refractivity contribution is -0.0761. The molecule has 8 nitrogen and oxygen atoms in total. The van der Waals surface area contributed by atoms with Gasteiger partial charge in [0.05, 0.1) is 13.7 Å². The van der Waals surface area contributed by atoms with Crippen molar-refractivity contribution in [3.63, 3.8) is 0 Å². The Morgan fingerprint density at radius 1 is 1.32 bits per heavy atom. The van der Waals surface area contributed by atoms with Crippen LogP contribution in [0.25, 0.3) is 10.9 Å². The van der Waals surface area contributed by atoms with E-state index in [2.05, 4.69) is 15.2 Å². The van der Waals surface area contributed by atoms with Crippen molar-refractivity contribution in [1.82, 2.24) is 25.1 Å². The van der Waals surface area contributed by atoms with Crippen LogP contribution in [0.15, 0.2) is 18.2 Å². The molecule has 1 aliphatic rings. The highest BCUT2D eigenvalue weighted by atomic mass is 19.1. The van der Waals surface area contributed by atoms with Crippen molar-refractivity contribution in [3.05, 3.63) is 52.2 Å². The average molecular weight is 385 g/mol. The second-order valence-electron chi connectivity index (χ2n) is 6.86. The molecule has 9 heteroatoms. The van der Waals surface area contributed by atoms with E-state index >= 15 is 0 Å². The number of carbonyl (C=O) groups excluding carboxylic acids is 2. The summed E-state index contributed by atoms with van der Waals surface area (Å²) in [5.74, 6) is -0.940. The molecular weight excluding hydrogens is 365 g/mol. The van der Waals surface area contributed by atoms with Gasteiger partial charge in [0.25, 0.3) is 11.8 Å². The number of nitrogens with one attached hydrogen (secondary N) is 2. The van der Waals surface area contributed by atoms with Gasteiger partial charge in [0, 0.05) is 42.2 Å². The Kier molecular flexibility index (Phi) is 4.38. The van der Waals surface area contributed by atoms with E-state index in [1.54, 1.807) is 17.9 Å². The van der Waals surface area contributed by atoms with E-state index in [4.69, 9.17) is 4.84 Å². The minimum absolute atomic E-state index is 0.207. The Morgan fingerprint density at radius 3 is 2.86 bits per heavy atom. The van der Waals surface area contributed by atoms with Crippen molar-refractivity contribution in [2.75, 3.05) is 20.7 Å². The second-order valence-corrected chi connectivity index (χ2v) is 6.86. The standard InChI is InChI=1S/C19H20FN5O3/c1-10-6-11(20)7-15-12(10)8-16(21-15)18(26)25-5-4-14-13(9-25)17(23-22-14)19(27)24(2)28-3/h6-8,21H,4-5,9H2,1-3H3,(H,22,23). The quantitative estimate of drug-likeness (QED) is 0.676. The highest BCUT2D eigenvalue weighted by molar-refractivity contribution is 5.99. The number of fused-ring (bicyclic) bond motifs is 2. The molecule has 0 radical (unpaired) electrons. The first-order chi connectivity index (χ1) is 13.4. The fourth-order valence-corrected chi connectivity index (χ4v) is 3.54. The van der Waals surface area contributed by atoms with Crippen LogP contribution in [0, 0.1) is 12.7 Å². The molecule has 0 fully saturated rings. The summed E-state index contributed by atoms with van der Waals surface area (Å²) in [6.07, 6.45) is 0.561. The number of aryl methyl sites for hydroxylation is 1. The first kappa shape index (κ1) is 18.2. The number of halogens is 1. The van der Waals surface area contributed by atoms with Crippen LogP contribution in [-0.2, 0) is 17.8 Å². The van der Waals surface area contributed by atoms with Crippen LogP contribution >= 0.6 is 0 Å². The first-order valence-electron chi connectivity index (χ1n) is 8.85. The second kappa shape index (κ2) is 6.75. The monoisotopic (exact) mass is 385 g/mol. The first-order valence-corrected chi connectivity index (χ1v) is 8.85. The molecule has 4 rings (SSSR count). The van der Waals surface area contributed by atoms with E-state index in [0.717, 1.165) is 21.7 Å². The van der Waals surface area contributed by atoms with Crippen LogP contribution in [0.4, 0.5) is 4.39 Å². The van der Waals surface area contributed by atoms with Crippen LogP contribution in [-0.4, -0.2) is 57.7 Å². The molecule has 0 atom stereocenters. The minimum atomic E-state index is -0.383. The molecule has 0 bridgehead atoms. The van der Waals surface area contributed by atoms with E-state index in [0.29, 0.717) is 29.7 Å². The van der Waals surface area contributed by atoms with E-state index in [1.165, 1.54) is 26.3 Å². The zero-order valence-corrected chi connectivity index (χ0v) is 15.8. The number of nitrogens with zero attached hydrogens (tertiary/aromatic N) is 3. The molecule has 1 aromatic carbocycles. The summed E-state index contributed by atoms with van der Waals surface area (Å²) in [4.78, 5) is 35.0. The van der Waals surface area contributed by atoms with Crippen molar-refractivity contribution in [2.45, 2.75) is 19.9 Å². The van der Waals surface area contributed by atoms with Gasteiger partial charge in [-0.3, -0.25) is 19.5 Å². The smallest absolute Gasteiger partial charge is 0.297 e. The van der Waals surface area contributed by atoms with Crippen LogP contribution in [0.1, 0.15) is 37.8 Å². The van der Waals surface area contributed by atoms with Gasteiger partial charge in [0.2, 0.25) is 0 Å². The molecule has 0 spiro atoms. The Labute approximate surface area is 160 Å². The van der Waals surface area contributed by atoms with Crippen molar-refractivity contribution < 1.29 is 18.8 Å². The topological polar surface area (TPSA) is 94.3 Å². The summed E-state index contributed by atoms with van der Waals surface area (Å²) < 4.78 is 13.6. The highest BCUT2D eigenvalue weighted by Crippen LogP contribution is 2.25. The van der Waals surface area contributed by atoms with E-state index in [9.17, 15) is 14.0 Å². The number of hydrogen-bond donors (Lipinski definition) is 2. The normalized spacial score (nSPS) is 13.6. The van der Waals surface area contributed by atoms with Gasteiger partial charge in [-0.15, -0.1) is 0 Å². The summed E-state index contributed by atoms with van der Waals surface area (Å²) in [6, 6.07) is 4.55. The molecule has 3 heterocycles. The molecule has 146 valence electrons. The molecule has 0 aliphatic carbocycles. The van der Waals surface area contributed by atoms with Crippen molar-refractivity contribution in [2.24, 2.45) is 0 Å². The van der Waals surface area contributed by atoms with E-state index < -0.39 is 0 Å². The van der Waals surface area contributed by atoms with Gasteiger partial charge in [0.1, 0.15) is 11.5 Å². The molecule has 0 saturated carbocycles. The predicted octanol–water partition coefficient (Wildman–Crippen LogP) is 2.17. The molecule has 1 aliphatic heterocycles. The number of aromatic amines is 2. The van der Waals surface area contributed by atoms with Gasteiger partial charge in [0.15, 0.2) is 5.69 Å². The zero-order valence-electron chi connectivity index (χ0n) is 15.8. The number of hydroxylamine groups is 2. The minimum Gasteiger partial charge on any atom is -0.350 e. The fraction of sp³-hybridized carbons (Fsp3) is 0.316. The maximum Gasteiger partial charge on any atom is 0.297 e. The molecule has 28 heavy (non-hydrogen) atoms. The highest BCUT2D eigenvalue weighted by Gasteiger charge is 2.30. The van der Waals surface area contributed by atoms with Crippen LogP contribution in [0.3, 0.4) is 0 Å². The SMILES string of the molecule is CON(C)C(=O)c1n[nH]c2c1CN(C(=O)c1cc3c(C)cc(F)cc3[nH]1)CC2. The molecule has 3 aromatic rings. The Morgan fingerprint density at radius 2 is 2.11 bits per heavy atom. The van der Waals surface area contributed by atoms with Gasteiger partial charge in [-0.1, -0.05) is 0 Å². The fourth-order valence-electron chi connectivity index (χ4n) is 3.54. The average Bonchev–Trinajstić information content (AvgIpc) is 3.29. The third-order valence-corrected chi connectivity index (χ3v) is 5.12. The molecule has 0 saturated heterocycles. The molecular formula is C19H20FN5O3.